The molecule has 1 aliphatic heterocycles. The van der Waals surface area contributed by atoms with Crippen molar-refractivity contribution in [3.63, 3.8) is 0 Å². The van der Waals surface area contributed by atoms with Crippen molar-refractivity contribution in [3.05, 3.63) is 34.9 Å². The highest BCUT2D eigenvalue weighted by atomic mass is 19.2. The molecule has 5 nitrogen and oxygen atoms in total. The van der Waals surface area contributed by atoms with Crippen molar-refractivity contribution < 1.29 is 23.2 Å². The monoisotopic (exact) mass is 296 g/mol. The van der Waals surface area contributed by atoms with Crippen LogP contribution in [0.4, 0.5) is 8.78 Å². The van der Waals surface area contributed by atoms with Crippen molar-refractivity contribution in [3.8, 4) is 0 Å². The molecule has 7 heteroatoms. The lowest BCUT2D eigenvalue weighted by molar-refractivity contribution is -0.125. The van der Waals surface area contributed by atoms with E-state index in [0.29, 0.717) is 6.29 Å². The van der Waals surface area contributed by atoms with Crippen molar-refractivity contribution in [2.24, 2.45) is 0 Å². The Morgan fingerprint density at radius 2 is 2.19 bits per heavy atom. The molecule has 0 saturated heterocycles. The maximum Gasteiger partial charge on any atom is 0.255 e. The molecule has 1 unspecified atom stereocenters. The van der Waals surface area contributed by atoms with Gasteiger partial charge in [0.2, 0.25) is 5.91 Å². The zero-order valence-electron chi connectivity index (χ0n) is 11.4. The Morgan fingerprint density at radius 1 is 1.48 bits per heavy atom. The number of hydrogen-bond donors (Lipinski definition) is 1. The number of amides is 2. The van der Waals surface area contributed by atoms with Crippen LogP contribution in [0.5, 0.6) is 0 Å². The fourth-order valence-electron chi connectivity index (χ4n) is 2.42. The maximum absolute atomic E-state index is 13.7. The molecule has 2 rings (SSSR count). The number of carbonyl (C=O) groups excluding carboxylic acids is 3. The Morgan fingerprint density at radius 3 is 2.81 bits per heavy atom. The Kier molecular flexibility index (Phi) is 4.30. The third-order valence-corrected chi connectivity index (χ3v) is 3.50. The van der Waals surface area contributed by atoms with Gasteiger partial charge in [0.15, 0.2) is 11.6 Å². The van der Waals surface area contributed by atoms with Crippen molar-refractivity contribution >= 4 is 18.1 Å². The van der Waals surface area contributed by atoms with Crippen LogP contribution in [-0.2, 0) is 16.1 Å². The molecule has 0 saturated carbocycles. The molecule has 0 bridgehead atoms. The maximum atomic E-state index is 13.7. The molecule has 0 aromatic heterocycles. The second-order valence-electron chi connectivity index (χ2n) is 4.69. The van der Waals surface area contributed by atoms with E-state index in [4.69, 9.17) is 0 Å². The average Bonchev–Trinajstić information content (AvgIpc) is 2.81. The smallest absolute Gasteiger partial charge is 0.255 e. The number of benzene rings is 1. The molecule has 0 fully saturated rings. The summed E-state index contributed by atoms with van der Waals surface area (Å²) >= 11 is 0. The topological polar surface area (TPSA) is 66.5 Å². The molecule has 2 amide bonds. The lowest BCUT2D eigenvalue weighted by Crippen LogP contribution is -2.46. The number of halogens is 2. The summed E-state index contributed by atoms with van der Waals surface area (Å²) in [7, 11) is 1.41. The van der Waals surface area contributed by atoms with E-state index in [1.54, 1.807) is 0 Å². The first-order valence-electron chi connectivity index (χ1n) is 6.44. The predicted octanol–water partition coefficient (Wildman–Crippen LogP) is 1.01. The van der Waals surface area contributed by atoms with E-state index in [-0.39, 0.29) is 30.5 Å². The van der Waals surface area contributed by atoms with Crippen molar-refractivity contribution in [2.75, 3.05) is 7.05 Å². The van der Waals surface area contributed by atoms with E-state index < -0.39 is 29.5 Å². The number of nitrogens with zero attached hydrogens (tertiary/aromatic N) is 1. The van der Waals surface area contributed by atoms with Gasteiger partial charge in [0.05, 0.1) is 6.54 Å². The van der Waals surface area contributed by atoms with Crippen LogP contribution in [-0.4, -0.2) is 36.1 Å². The fraction of sp³-hybridized carbons (Fsp3) is 0.357. The summed E-state index contributed by atoms with van der Waals surface area (Å²) in [6.07, 6.45) is 0.867. The number of nitrogens with one attached hydrogen (secondary N) is 1. The highest BCUT2D eigenvalue weighted by molar-refractivity contribution is 6.01. The van der Waals surface area contributed by atoms with Gasteiger partial charge in [0.25, 0.3) is 5.91 Å². The van der Waals surface area contributed by atoms with Gasteiger partial charge in [-0.25, -0.2) is 8.78 Å². The molecule has 0 radical (unpaired) electrons. The number of hydrogen-bond acceptors (Lipinski definition) is 3. The molecule has 1 aromatic rings. The number of rotatable bonds is 5. The van der Waals surface area contributed by atoms with Crippen molar-refractivity contribution in [1.29, 1.82) is 0 Å². The van der Waals surface area contributed by atoms with Crippen LogP contribution in [0.3, 0.4) is 0 Å². The molecular weight excluding hydrogens is 282 g/mol. The number of carbonyl (C=O) groups is 3. The van der Waals surface area contributed by atoms with Crippen LogP contribution in [0.15, 0.2) is 12.1 Å². The van der Waals surface area contributed by atoms with Crippen molar-refractivity contribution in [2.45, 2.75) is 25.4 Å². The highest BCUT2D eigenvalue weighted by Gasteiger charge is 2.37. The number of fused-ring (bicyclic) bond motifs is 1. The Hall–Kier alpha value is -2.31. The summed E-state index contributed by atoms with van der Waals surface area (Å²) in [4.78, 5) is 35.8. The molecule has 21 heavy (non-hydrogen) atoms. The van der Waals surface area contributed by atoms with Crippen molar-refractivity contribution in [1.82, 2.24) is 10.2 Å². The Balaban J connectivity index is 2.33. The van der Waals surface area contributed by atoms with Gasteiger partial charge in [-0.15, -0.1) is 0 Å². The number of aldehydes is 1. The first-order chi connectivity index (χ1) is 10.0. The molecule has 0 spiro atoms. The van der Waals surface area contributed by atoms with Crippen LogP contribution in [0.25, 0.3) is 0 Å². The lowest BCUT2D eigenvalue weighted by atomic mass is 10.1. The molecule has 1 aromatic carbocycles. The minimum Gasteiger partial charge on any atom is -0.357 e. The largest absolute Gasteiger partial charge is 0.357 e. The van der Waals surface area contributed by atoms with Gasteiger partial charge >= 0.3 is 0 Å². The second-order valence-corrected chi connectivity index (χ2v) is 4.69. The van der Waals surface area contributed by atoms with E-state index >= 15 is 0 Å². The zero-order valence-corrected chi connectivity index (χ0v) is 11.4. The van der Waals surface area contributed by atoms with Crippen LogP contribution < -0.4 is 5.32 Å². The molecule has 0 aliphatic carbocycles. The van der Waals surface area contributed by atoms with E-state index in [1.165, 1.54) is 13.1 Å². The third kappa shape index (κ3) is 2.63. The summed E-state index contributed by atoms with van der Waals surface area (Å²) in [5.74, 6) is -3.09. The lowest BCUT2D eigenvalue weighted by Gasteiger charge is -2.25. The van der Waals surface area contributed by atoms with Gasteiger partial charge in [0.1, 0.15) is 12.3 Å². The molecule has 1 heterocycles. The average molecular weight is 296 g/mol. The second kappa shape index (κ2) is 5.99. The van der Waals surface area contributed by atoms with E-state index in [1.807, 2.05) is 0 Å². The van der Waals surface area contributed by atoms with Gasteiger partial charge in [-0.05, 0) is 18.6 Å². The minimum atomic E-state index is -1.07. The highest BCUT2D eigenvalue weighted by Crippen LogP contribution is 2.29. The summed E-state index contributed by atoms with van der Waals surface area (Å²) in [6.45, 7) is -0.186. The van der Waals surface area contributed by atoms with E-state index in [2.05, 4.69) is 5.32 Å². The summed E-state index contributed by atoms with van der Waals surface area (Å²) in [6, 6.07) is 1.20. The molecule has 1 atom stereocenters. The Bertz CT molecular complexity index is 604. The van der Waals surface area contributed by atoms with Gasteiger partial charge in [-0.1, -0.05) is 0 Å². The molecule has 1 aliphatic rings. The van der Waals surface area contributed by atoms with Gasteiger partial charge in [-0.3, -0.25) is 9.59 Å². The summed E-state index contributed by atoms with van der Waals surface area (Å²) in [5, 5.41) is 2.41. The van der Waals surface area contributed by atoms with Gasteiger partial charge in [-0.2, -0.15) is 0 Å². The van der Waals surface area contributed by atoms with E-state index in [9.17, 15) is 23.2 Å². The predicted molar refractivity (Wildman–Crippen MR) is 69.4 cm³/mol. The quantitative estimate of drug-likeness (QED) is 0.825. The fourth-order valence-corrected chi connectivity index (χ4v) is 2.42. The van der Waals surface area contributed by atoms with E-state index in [0.717, 1.165) is 11.0 Å². The third-order valence-electron chi connectivity index (χ3n) is 3.50. The minimum absolute atomic E-state index is 0.0499. The first-order valence-corrected chi connectivity index (χ1v) is 6.44. The van der Waals surface area contributed by atoms with Gasteiger partial charge < -0.3 is 15.0 Å². The standard InChI is InChI=1S/C14H14F2N2O3/c1-17-13(20)11(3-2-6-19)18-7-9-8(14(18)21)4-5-10(15)12(9)16/h4-6,11H,2-3,7H2,1H3,(H,17,20). The van der Waals surface area contributed by atoms with Gasteiger partial charge in [0, 0.05) is 24.6 Å². The van der Waals surface area contributed by atoms with Crippen LogP contribution in [0.1, 0.15) is 28.8 Å². The van der Waals surface area contributed by atoms with Crippen LogP contribution in [0.2, 0.25) is 0 Å². The first kappa shape index (κ1) is 15.1. The Labute approximate surface area is 119 Å². The normalized spacial score (nSPS) is 14.8. The molecular formula is C14H14F2N2O3. The molecule has 1 N–H and O–H groups in total. The SMILES string of the molecule is CNC(=O)C(CCC=O)N1Cc2c(ccc(F)c2F)C1=O. The van der Waals surface area contributed by atoms with Crippen LogP contribution >= 0.6 is 0 Å². The van der Waals surface area contributed by atoms with Crippen LogP contribution in [0, 0.1) is 11.6 Å². The zero-order chi connectivity index (χ0) is 15.6. The summed E-state index contributed by atoms with van der Waals surface area (Å²) < 4.78 is 27.0. The summed E-state index contributed by atoms with van der Waals surface area (Å²) in [5.41, 5.74) is -0.00564. The number of likely N-dealkylation sites (N-methyl/N-ethyl adjacent to an activating group) is 1. The molecule has 112 valence electrons.